The summed E-state index contributed by atoms with van der Waals surface area (Å²) in [5, 5.41) is 3.15. The van der Waals surface area contributed by atoms with E-state index in [1.807, 2.05) is 0 Å². The number of halogens is 1. The highest BCUT2D eigenvalue weighted by Gasteiger charge is 2.27. The molecule has 164 valence electrons. The second kappa shape index (κ2) is 10.4. The first-order chi connectivity index (χ1) is 14.9. The highest BCUT2D eigenvalue weighted by atomic mass is 35.5. The molecule has 0 saturated heterocycles. The Balaban J connectivity index is 1.68. The van der Waals surface area contributed by atoms with Gasteiger partial charge in [-0.25, -0.2) is 4.79 Å². The average molecular weight is 443 g/mol. The van der Waals surface area contributed by atoms with Crippen LogP contribution < -0.4 is 5.32 Å². The van der Waals surface area contributed by atoms with Gasteiger partial charge in [0.15, 0.2) is 6.10 Å². The minimum Gasteiger partial charge on any atom is -0.449 e. The van der Waals surface area contributed by atoms with Crippen molar-refractivity contribution < 1.29 is 19.1 Å². The number of hydrogen-bond donors (Lipinski definition) is 1. The Labute approximate surface area is 187 Å². The lowest BCUT2D eigenvalue weighted by atomic mass is 9.94. The Hall–Kier alpha value is -2.86. The van der Waals surface area contributed by atoms with E-state index in [4.69, 9.17) is 16.3 Å². The van der Waals surface area contributed by atoms with Gasteiger partial charge in [0.25, 0.3) is 11.8 Å². The third-order valence-corrected chi connectivity index (χ3v) is 5.80. The lowest BCUT2D eigenvalue weighted by Crippen LogP contribution is -2.39. The molecule has 1 aliphatic rings. The molecule has 1 N–H and O–H groups in total. The first kappa shape index (κ1) is 22.8. The van der Waals surface area contributed by atoms with Gasteiger partial charge in [0, 0.05) is 23.8 Å². The van der Waals surface area contributed by atoms with Crippen molar-refractivity contribution in [2.75, 3.05) is 12.4 Å². The van der Waals surface area contributed by atoms with Crippen LogP contribution in [0.4, 0.5) is 5.69 Å². The van der Waals surface area contributed by atoms with Gasteiger partial charge in [0.05, 0.1) is 11.1 Å². The highest BCUT2D eigenvalue weighted by Crippen LogP contribution is 2.24. The van der Waals surface area contributed by atoms with E-state index in [0.29, 0.717) is 10.7 Å². The molecular formula is C24H27ClN2O4. The Morgan fingerprint density at radius 1 is 1.03 bits per heavy atom. The summed E-state index contributed by atoms with van der Waals surface area (Å²) in [6, 6.07) is 13.4. The summed E-state index contributed by atoms with van der Waals surface area (Å²) in [6.45, 7) is 1.48. The van der Waals surface area contributed by atoms with Crippen LogP contribution >= 0.6 is 11.6 Å². The molecule has 0 heterocycles. The molecule has 1 fully saturated rings. The van der Waals surface area contributed by atoms with E-state index in [9.17, 15) is 14.4 Å². The standard InChI is InChI=1S/C24H27ClN2O4/c1-16(22(28)26-18-10-8-9-17(25)15-18)31-24(30)21-14-7-6-13-20(21)23(29)27(2)19-11-4-3-5-12-19/h6-10,13-16,19H,3-5,11-12H2,1-2H3,(H,26,28). The fraction of sp³-hybridized carbons (Fsp3) is 0.375. The summed E-state index contributed by atoms with van der Waals surface area (Å²) < 4.78 is 5.36. The second-order valence-corrected chi connectivity index (χ2v) is 8.24. The van der Waals surface area contributed by atoms with Crippen LogP contribution in [0.5, 0.6) is 0 Å². The largest absolute Gasteiger partial charge is 0.449 e. The van der Waals surface area contributed by atoms with E-state index >= 15 is 0 Å². The van der Waals surface area contributed by atoms with E-state index in [2.05, 4.69) is 5.32 Å². The summed E-state index contributed by atoms with van der Waals surface area (Å²) in [6.07, 6.45) is 4.28. The molecule has 1 saturated carbocycles. The van der Waals surface area contributed by atoms with Crippen molar-refractivity contribution >= 4 is 35.1 Å². The summed E-state index contributed by atoms with van der Waals surface area (Å²) >= 11 is 5.93. The molecule has 2 aromatic rings. The smallest absolute Gasteiger partial charge is 0.339 e. The van der Waals surface area contributed by atoms with Gasteiger partial charge in [-0.15, -0.1) is 0 Å². The predicted octanol–water partition coefficient (Wildman–Crippen LogP) is 4.93. The minimum absolute atomic E-state index is 0.151. The molecule has 0 spiro atoms. The number of hydrogen-bond acceptors (Lipinski definition) is 4. The van der Waals surface area contributed by atoms with Crippen LogP contribution in [0.3, 0.4) is 0 Å². The number of nitrogens with one attached hydrogen (secondary N) is 1. The topological polar surface area (TPSA) is 75.7 Å². The van der Waals surface area contributed by atoms with Crippen LogP contribution in [-0.2, 0) is 9.53 Å². The maximum atomic E-state index is 13.1. The van der Waals surface area contributed by atoms with Crippen LogP contribution in [0.1, 0.15) is 59.7 Å². The van der Waals surface area contributed by atoms with E-state index < -0.39 is 18.0 Å². The van der Waals surface area contributed by atoms with Crippen molar-refractivity contribution in [1.82, 2.24) is 4.90 Å². The zero-order valence-electron chi connectivity index (χ0n) is 17.8. The van der Waals surface area contributed by atoms with Crippen molar-refractivity contribution in [3.05, 3.63) is 64.7 Å². The number of esters is 1. The number of benzene rings is 2. The van der Waals surface area contributed by atoms with E-state index in [0.717, 1.165) is 25.7 Å². The van der Waals surface area contributed by atoms with Gasteiger partial charge in [-0.2, -0.15) is 0 Å². The number of amides is 2. The average Bonchev–Trinajstić information content (AvgIpc) is 2.78. The van der Waals surface area contributed by atoms with Crippen molar-refractivity contribution in [1.29, 1.82) is 0 Å². The fourth-order valence-electron chi connectivity index (χ4n) is 3.76. The third-order valence-electron chi connectivity index (χ3n) is 5.57. The van der Waals surface area contributed by atoms with E-state index in [1.54, 1.807) is 60.5 Å². The first-order valence-electron chi connectivity index (χ1n) is 10.5. The Morgan fingerprint density at radius 2 is 1.71 bits per heavy atom. The Bertz CT molecular complexity index is 956. The third kappa shape index (κ3) is 5.85. The molecule has 0 bridgehead atoms. The summed E-state index contributed by atoms with van der Waals surface area (Å²) in [5.74, 6) is -1.41. The lowest BCUT2D eigenvalue weighted by molar-refractivity contribution is -0.123. The molecule has 2 amide bonds. The van der Waals surface area contributed by atoms with Crippen molar-refractivity contribution in [2.24, 2.45) is 0 Å². The molecule has 0 aromatic heterocycles. The van der Waals surface area contributed by atoms with Crippen LogP contribution in [0.25, 0.3) is 0 Å². The number of carbonyl (C=O) groups is 3. The molecule has 1 atom stereocenters. The maximum Gasteiger partial charge on any atom is 0.339 e. The van der Waals surface area contributed by atoms with Crippen LogP contribution in [0.15, 0.2) is 48.5 Å². The van der Waals surface area contributed by atoms with Crippen LogP contribution in [0.2, 0.25) is 5.02 Å². The molecule has 2 aromatic carbocycles. The van der Waals surface area contributed by atoms with E-state index in [-0.39, 0.29) is 23.1 Å². The predicted molar refractivity (Wildman–Crippen MR) is 120 cm³/mol. The summed E-state index contributed by atoms with van der Waals surface area (Å²) in [5.41, 5.74) is 0.936. The summed E-state index contributed by atoms with van der Waals surface area (Å²) in [7, 11) is 1.78. The van der Waals surface area contributed by atoms with Gasteiger partial charge < -0.3 is 15.0 Å². The molecule has 0 aliphatic heterocycles. The number of anilines is 1. The summed E-state index contributed by atoms with van der Waals surface area (Å²) in [4.78, 5) is 40.0. The molecule has 6 nitrogen and oxygen atoms in total. The zero-order chi connectivity index (χ0) is 22.4. The minimum atomic E-state index is -1.05. The molecule has 3 rings (SSSR count). The quantitative estimate of drug-likeness (QED) is 0.643. The first-order valence-corrected chi connectivity index (χ1v) is 10.9. The molecular weight excluding hydrogens is 416 g/mol. The van der Waals surface area contributed by atoms with Crippen molar-refractivity contribution in [2.45, 2.75) is 51.2 Å². The second-order valence-electron chi connectivity index (χ2n) is 7.80. The van der Waals surface area contributed by atoms with Crippen molar-refractivity contribution in [3.63, 3.8) is 0 Å². The SMILES string of the molecule is CC(OC(=O)c1ccccc1C(=O)N(C)C1CCCCC1)C(=O)Nc1cccc(Cl)c1. The van der Waals surface area contributed by atoms with Gasteiger partial charge in [-0.05, 0) is 50.1 Å². The van der Waals surface area contributed by atoms with Gasteiger partial charge in [0.1, 0.15) is 0 Å². The molecule has 31 heavy (non-hydrogen) atoms. The van der Waals surface area contributed by atoms with Crippen LogP contribution in [-0.4, -0.2) is 41.9 Å². The molecule has 1 unspecified atom stereocenters. The lowest BCUT2D eigenvalue weighted by Gasteiger charge is -2.31. The molecule has 7 heteroatoms. The van der Waals surface area contributed by atoms with Gasteiger partial charge in [-0.3, -0.25) is 9.59 Å². The fourth-order valence-corrected chi connectivity index (χ4v) is 3.95. The normalized spacial score (nSPS) is 15.1. The number of nitrogens with zero attached hydrogens (tertiary/aromatic N) is 1. The number of carbonyl (C=O) groups excluding carboxylic acids is 3. The Kier molecular flexibility index (Phi) is 7.69. The van der Waals surface area contributed by atoms with E-state index in [1.165, 1.54) is 13.3 Å². The molecule has 1 aliphatic carbocycles. The highest BCUT2D eigenvalue weighted by molar-refractivity contribution is 6.30. The van der Waals surface area contributed by atoms with Gasteiger partial charge in [0.2, 0.25) is 0 Å². The molecule has 0 radical (unpaired) electrons. The maximum absolute atomic E-state index is 13.1. The number of ether oxygens (including phenoxy) is 1. The van der Waals surface area contributed by atoms with Gasteiger partial charge in [-0.1, -0.05) is 49.1 Å². The monoisotopic (exact) mass is 442 g/mol. The van der Waals surface area contributed by atoms with Gasteiger partial charge >= 0.3 is 5.97 Å². The van der Waals surface area contributed by atoms with Crippen molar-refractivity contribution in [3.8, 4) is 0 Å². The number of rotatable bonds is 6. The van der Waals surface area contributed by atoms with Crippen LogP contribution in [0, 0.1) is 0 Å². The Morgan fingerprint density at radius 3 is 2.39 bits per heavy atom. The zero-order valence-corrected chi connectivity index (χ0v) is 18.5.